The van der Waals surface area contributed by atoms with Crippen molar-refractivity contribution in [1.82, 2.24) is 4.90 Å². The molecule has 0 radical (unpaired) electrons. The van der Waals surface area contributed by atoms with Crippen LogP contribution in [0.2, 0.25) is 0 Å². The van der Waals surface area contributed by atoms with Crippen molar-refractivity contribution in [2.75, 3.05) is 39.9 Å². The van der Waals surface area contributed by atoms with Crippen LogP contribution in [0.25, 0.3) is 0 Å². The Kier molecular flexibility index (Phi) is 6.91. The highest BCUT2D eigenvalue weighted by Gasteiger charge is 2.05. The van der Waals surface area contributed by atoms with E-state index in [1.807, 2.05) is 0 Å². The van der Waals surface area contributed by atoms with Crippen molar-refractivity contribution in [3.63, 3.8) is 0 Å². The maximum Gasteiger partial charge on any atom is 0.0594 e. The smallest absolute Gasteiger partial charge is 0.0594 e. The topological polar surface area (TPSA) is 38.5 Å². The van der Waals surface area contributed by atoms with Crippen LogP contribution in [0.3, 0.4) is 0 Å². The monoisotopic (exact) mass is 146 g/mol. The zero-order valence-electron chi connectivity index (χ0n) is 6.97. The van der Waals surface area contributed by atoms with E-state index >= 15 is 0 Å². The van der Waals surface area contributed by atoms with Crippen LogP contribution in [0.15, 0.2) is 0 Å². The van der Waals surface area contributed by atoms with E-state index in [9.17, 15) is 0 Å². The average Bonchev–Trinajstić information content (AvgIpc) is 2.10. The number of nitrogens with zero attached hydrogens (tertiary/aromatic N) is 1. The van der Waals surface area contributed by atoms with Crippen molar-refractivity contribution in [2.45, 2.75) is 6.92 Å². The summed E-state index contributed by atoms with van der Waals surface area (Å²) < 4.78 is 5.16. The Hall–Kier alpha value is -0.120. The van der Waals surface area contributed by atoms with Crippen molar-refractivity contribution >= 4 is 0 Å². The van der Waals surface area contributed by atoms with E-state index in [-0.39, 0.29) is 0 Å². The number of hydrogen-bond acceptors (Lipinski definition) is 3. The van der Waals surface area contributed by atoms with Crippen molar-refractivity contribution in [2.24, 2.45) is 5.73 Å². The van der Waals surface area contributed by atoms with Gasteiger partial charge in [-0.2, -0.15) is 0 Å². The lowest BCUT2D eigenvalue weighted by Gasteiger charge is -2.24. The summed E-state index contributed by atoms with van der Waals surface area (Å²) in [5.41, 5.74) is 4.50. The van der Waals surface area contributed by atoms with Gasteiger partial charge in [-0.15, -0.1) is 0 Å². The summed E-state index contributed by atoms with van der Waals surface area (Å²) >= 11 is 0. The first kappa shape index (κ1) is 9.88. The van der Waals surface area contributed by atoms with Crippen LogP contribution >= 0.6 is 0 Å². The van der Waals surface area contributed by atoms with Crippen LogP contribution in [0.5, 0.6) is 0 Å². The van der Waals surface area contributed by atoms with Gasteiger partial charge < -0.3 is 10.5 Å². The molecule has 10 heavy (non-hydrogen) atoms. The number of morpholine rings is 1. The minimum Gasteiger partial charge on any atom is -0.379 e. The molecule has 1 saturated heterocycles. The molecule has 0 aliphatic carbocycles. The SMILES string of the molecule is CCN1CCOCC1.CN. The standard InChI is InChI=1S/C6H13NO.CH5N/c1-2-7-3-5-8-6-4-7;1-2/h2-6H2,1H3;2H2,1H3. The van der Waals surface area contributed by atoms with Gasteiger partial charge in [-0.3, -0.25) is 4.90 Å². The van der Waals surface area contributed by atoms with E-state index in [1.54, 1.807) is 0 Å². The highest BCUT2D eigenvalue weighted by molar-refractivity contribution is 4.57. The second-order valence-corrected chi connectivity index (χ2v) is 2.05. The first-order valence-electron chi connectivity index (χ1n) is 3.81. The van der Waals surface area contributed by atoms with Gasteiger partial charge in [0.2, 0.25) is 0 Å². The van der Waals surface area contributed by atoms with Crippen LogP contribution in [0, 0.1) is 0 Å². The Morgan fingerprint density at radius 3 is 2.10 bits per heavy atom. The van der Waals surface area contributed by atoms with E-state index < -0.39 is 0 Å². The Balaban J connectivity index is 0.000000371. The fourth-order valence-electron chi connectivity index (χ4n) is 0.917. The number of hydrogen-bond donors (Lipinski definition) is 1. The van der Waals surface area contributed by atoms with E-state index in [1.165, 1.54) is 13.6 Å². The van der Waals surface area contributed by atoms with Gasteiger partial charge in [0.25, 0.3) is 0 Å². The number of ether oxygens (including phenoxy) is 1. The largest absolute Gasteiger partial charge is 0.379 e. The lowest BCUT2D eigenvalue weighted by atomic mass is 10.4. The molecule has 0 saturated carbocycles. The number of nitrogens with two attached hydrogens (primary N) is 1. The first-order valence-corrected chi connectivity index (χ1v) is 3.81. The first-order chi connectivity index (χ1) is 4.93. The van der Waals surface area contributed by atoms with Crippen molar-refractivity contribution in [3.8, 4) is 0 Å². The number of likely N-dealkylation sites (N-methyl/N-ethyl adjacent to an activating group) is 1. The molecule has 2 N–H and O–H groups in total. The van der Waals surface area contributed by atoms with Crippen LogP contribution in [0.1, 0.15) is 6.92 Å². The van der Waals surface area contributed by atoms with Gasteiger partial charge in [0.05, 0.1) is 13.2 Å². The van der Waals surface area contributed by atoms with Crippen LogP contribution in [0.4, 0.5) is 0 Å². The number of rotatable bonds is 1. The molecule has 0 spiro atoms. The molecule has 3 nitrogen and oxygen atoms in total. The third kappa shape index (κ3) is 3.82. The average molecular weight is 146 g/mol. The van der Waals surface area contributed by atoms with Gasteiger partial charge in [0, 0.05) is 13.1 Å². The molecule has 1 rings (SSSR count). The summed E-state index contributed by atoms with van der Waals surface area (Å²) in [7, 11) is 1.50. The molecule has 1 aliphatic heterocycles. The highest BCUT2D eigenvalue weighted by atomic mass is 16.5. The van der Waals surface area contributed by atoms with Crippen LogP contribution in [-0.4, -0.2) is 44.8 Å². The Morgan fingerprint density at radius 1 is 1.30 bits per heavy atom. The maximum absolute atomic E-state index is 5.16. The van der Waals surface area contributed by atoms with Crippen molar-refractivity contribution < 1.29 is 4.74 Å². The Morgan fingerprint density at radius 2 is 1.80 bits per heavy atom. The van der Waals surface area contributed by atoms with E-state index in [4.69, 9.17) is 4.74 Å². The van der Waals surface area contributed by atoms with Crippen LogP contribution in [-0.2, 0) is 4.74 Å². The molecule has 0 aromatic carbocycles. The molecule has 1 heterocycles. The Bertz CT molecular complexity index is 62.6. The fourth-order valence-corrected chi connectivity index (χ4v) is 0.917. The summed E-state index contributed by atoms with van der Waals surface area (Å²) in [5.74, 6) is 0. The van der Waals surface area contributed by atoms with E-state index in [0.29, 0.717) is 0 Å². The second-order valence-electron chi connectivity index (χ2n) is 2.05. The summed E-state index contributed by atoms with van der Waals surface area (Å²) in [5, 5.41) is 0. The van der Waals surface area contributed by atoms with Gasteiger partial charge in [-0.1, -0.05) is 6.92 Å². The fraction of sp³-hybridized carbons (Fsp3) is 1.00. The summed E-state index contributed by atoms with van der Waals surface area (Å²) in [6.07, 6.45) is 0. The third-order valence-electron chi connectivity index (χ3n) is 1.55. The molecule has 0 aromatic heterocycles. The van der Waals surface area contributed by atoms with Gasteiger partial charge in [-0.25, -0.2) is 0 Å². The van der Waals surface area contributed by atoms with Gasteiger partial charge >= 0.3 is 0 Å². The molecule has 0 aromatic rings. The molecule has 62 valence electrons. The van der Waals surface area contributed by atoms with Crippen molar-refractivity contribution in [3.05, 3.63) is 0 Å². The summed E-state index contributed by atoms with van der Waals surface area (Å²) in [4.78, 5) is 2.39. The Labute approximate surface area is 63.1 Å². The highest BCUT2D eigenvalue weighted by Crippen LogP contribution is 1.93. The molecule has 0 unspecified atom stereocenters. The van der Waals surface area contributed by atoms with Gasteiger partial charge in [-0.05, 0) is 13.6 Å². The minimum atomic E-state index is 0.924. The molecule has 0 amide bonds. The second kappa shape index (κ2) is 6.99. The van der Waals surface area contributed by atoms with Gasteiger partial charge in [0.1, 0.15) is 0 Å². The molecule has 0 atom stereocenters. The lowest BCUT2D eigenvalue weighted by Crippen LogP contribution is -2.35. The molecule has 1 aliphatic rings. The minimum absolute atomic E-state index is 0.924. The zero-order valence-corrected chi connectivity index (χ0v) is 6.97. The zero-order chi connectivity index (χ0) is 7.82. The lowest BCUT2D eigenvalue weighted by molar-refractivity contribution is 0.0405. The van der Waals surface area contributed by atoms with E-state index in [2.05, 4.69) is 17.6 Å². The maximum atomic E-state index is 5.16. The summed E-state index contributed by atoms with van der Waals surface area (Å²) in [6.45, 7) is 7.45. The molecule has 1 fully saturated rings. The predicted octanol–water partition coefficient (Wildman–Crippen LogP) is -0.0866. The molecular weight excluding hydrogens is 128 g/mol. The molecule has 3 heteroatoms. The van der Waals surface area contributed by atoms with Crippen molar-refractivity contribution in [1.29, 1.82) is 0 Å². The molecule has 0 bridgehead atoms. The quantitative estimate of drug-likeness (QED) is 0.562. The normalized spacial score (nSPS) is 19.5. The predicted molar refractivity (Wildman–Crippen MR) is 43.0 cm³/mol. The third-order valence-corrected chi connectivity index (χ3v) is 1.55. The van der Waals surface area contributed by atoms with Gasteiger partial charge in [0.15, 0.2) is 0 Å². The van der Waals surface area contributed by atoms with E-state index in [0.717, 1.165) is 26.3 Å². The van der Waals surface area contributed by atoms with Crippen LogP contribution < -0.4 is 5.73 Å². The summed E-state index contributed by atoms with van der Waals surface area (Å²) in [6, 6.07) is 0. The molecular formula is C7H18N2O.